The van der Waals surface area contributed by atoms with Crippen molar-refractivity contribution in [2.24, 2.45) is 0 Å². The van der Waals surface area contributed by atoms with Crippen molar-refractivity contribution >= 4 is 27.9 Å². The van der Waals surface area contributed by atoms with Crippen molar-refractivity contribution < 1.29 is 36.2 Å². The molecule has 3 N–H and O–H groups in total. The number of thiophene rings is 1. The molecule has 136 valence electrons. The average Bonchev–Trinajstić information content (AvgIpc) is 2.94. The van der Waals surface area contributed by atoms with Gasteiger partial charge in [-0.25, -0.2) is 0 Å². The minimum Gasteiger partial charge on any atom is -0.369 e. The minimum atomic E-state index is -5.11. The lowest BCUT2D eigenvalue weighted by Gasteiger charge is -2.17. The fourth-order valence-corrected chi connectivity index (χ4v) is 2.65. The molecule has 0 fully saturated rings. The number of nitrogens with one attached hydrogen (secondary N) is 2. The van der Waals surface area contributed by atoms with Gasteiger partial charge in [0.15, 0.2) is 6.23 Å². The monoisotopic (exact) mass is 384 g/mol. The fourth-order valence-electron chi connectivity index (χ4n) is 1.83. The van der Waals surface area contributed by atoms with Gasteiger partial charge < -0.3 is 15.7 Å². The molecule has 1 aromatic heterocycles. The van der Waals surface area contributed by atoms with Crippen molar-refractivity contribution in [3.63, 3.8) is 0 Å². The molecule has 4 nitrogen and oxygen atoms in total. The van der Waals surface area contributed by atoms with Gasteiger partial charge in [-0.15, -0.1) is 11.3 Å². The first-order valence-electron chi connectivity index (χ1n) is 6.56. The van der Waals surface area contributed by atoms with Crippen LogP contribution in [0.15, 0.2) is 35.7 Å². The van der Waals surface area contributed by atoms with Crippen molar-refractivity contribution in [2.75, 3.05) is 10.6 Å². The summed E-state index contributed by atoms with van der Waals surface area (Å²) in [5.74, 6) is -2.22. The van der Waals surface area contributed by atoms with Gasteiger partial charge in [0.05, 0.1) is 5.56 Å². The Morgan fingerprint density at radius 3 is 2.40 bits per heavy atom. The van der Waals surface area contributed by atoms with Crippen molar-refractivity contribution in [3.8, 4) is 0 Å². The van der Waals surface area contributed by atoms with E-state index in [2.05, 4.69) is 5.32 Å². The first kappa shape index (κ1) is 19.1. The summed E-state index contributed by atoms with van der Waals surface area (Å²) in [4.78, 5) is 11.0. The summed E-state index contributed by atoms with van der Waals surface area (Å²) in [6.07, 6.45) is -11.3. The molecule has 0 spiro atoms. The third-order valence-electron chi connectivity index (χ3n) is 2.97. The average molecular weight is 384 g/mol. The van der Waals surface area contributed by atoms with Crippen molar-refractivity contribution in [3.05, 3.63) is 46.8 Å². The van der Waals surface area contributed by atoms with Crippen LogP contribution in [0.5, 0.6) is 0 Å². The second-order valence-electron chi connectivity index (χ2n) is 4.78. The van der Waals surface area contributed by atoms with Crippen LogP contribution in [0.2, 0.25) is 0 Å². The standard InChI is InChI=1S/C14H10F6N2O2S/c15-13(16,17)7-2-1-3-8(6-7)21-10(23)9-4-5-25-11(9)22-12(24)14(18,19)20/h1-6,10,21,23H,(H,22,24). The van der Waals surface area contributed by atoms with E-state index in [0.717, 1.165) is 29.5 Å². The number of aliphatic hydroxyl groups excluding tert-OH is 1. The van der Waals surface area contributed by atoms with Crippen LogP contribution in [-0.4, -0.2) is 17.2 Å². The van der Waals surface area contributed by atoms with Gasteiger partial charge in [0, 0.05) is 11.3 Å². The molecular weight excluding hydrogens is 374 g/mol. The van der Waals surface area contributed by atoms with Crippen LogP contribution in [0, 0.1) is 0 Å². The molecule has 1 atom stereocenters. The Morgan fingerprint density at radius 2 is 1.80 bits per heavy atom. The second-order valence-corrected chi connectivity index (χ2v) is 5.70. The lowest BCUT2D eigenvalue weighted by atomic mass is 10.2. The second kappa shape index (κ2) is 6.92. The number of carbonyl (C=O) groups excluding carboxylic acids is 1. The first-order chi connectivity index (χ1) is 11.5. The molecule has 11 heteroatoms. The molecule has 25 heavy (non-hydrogen) atoms. The molecule has 1 amide bonds. The van der Waals surface area contributed by atoms with Crippen LogP contribution < -0.4 is 10.6 Å². The quantitative estimate of drug-likeness (QED) is 0.542. The van der Waals surface area contributed by atoms with E-state index in [-0.39, 0.29) is 16.3 Å². The fraction of sp³-hybridized carbons (Fsp3) is 0.214. The topological polar surface area (TPSA) is 61.4 Å². The minimum absolute atomic E-state index is 0.0957. The van der Waals surface area contributed by atoms with Crippen molar-refractivity contribution in [1.82, 2.24) is 0 Å². The maximum Gasteiger partial charge on any atom is 0.471 e. The zero-order chi connectivity index (χ0) is 18.8. The van der Waals surface area contributed by atoms with E-state index in [1.54, 1.807) is 5.32 Å². The smallest absolute Gasteiger partial charge is 0.369 e. The molecule has 1 heterocycles. The van der Waals surface area contributed by atoms with Crippen LogP contribution in [0.1, 0.15) is 17.4 Å². The summed E-state index contributed by atoms with van der Waals surface area (Å²) < 4.78 is 74.8. The number of hydrogen-bond donors (Lipinski definition) is 3. The number of aliphatic hydroxyl groups is 1. The Bertz CT molecular complexity index is 756. The van der Waals surface area contributed by atoms with Gasteiger partial charge in [0.25, 0.3) is 0 Å². The Kier molecular flexibility index (Phi) is 5.28. The summed E-state index contributed by atoms with van der Waals surface area (Å²) in [7, 11) is 0. The van der Waals surface area contributed by atoms with Gasteiger partial charge in [0.2, 0.25) is 0 Å². The number of amides is 1. The van der Waals surface area contributed by atoms with E-state index in [0.29, 0.717) is 0 Å². The zero-order valence-electron chi connectivity index (χ0n) is 12.1. The van der Waals surface area contributed by atoms with Gasteiger partial charge >= 0.3 is 18.3 Å². The highest BCUT2D eigenvalue weighted by Crippen LogP contribution is 2.34. The molecule has 2 rings (SSSR count). The van der Waals surface area contributed by atoms with Crippen molar-refractivity contribution in [1.29, 1.82) is 0 Å². The van der Waals surface area contributed by atoms with E-state index >= 15 is 0 Å². The number of alkyl halides is 6. The van der Waals surface area contributed by atoms with Crippen LogP contribution in [-0.2, 0) is 11.0 Å². The Morgan fingerprint density at radius 1 is 1.12 bits per heavy atom. The third kappa shape index (κ3) is 4.86. The van der Waals surface area contributed by atoms with Gasteiger partial charge in [-0.2, -0.15) is 26.3 Å². The molecule has 0 saturated carbocycles. The van der Waals surface area contributed by atoms with Gasteiger partial charge in [-0.3, -0.25) is 4.79 Å². The number of halogens is 6. The highest BCUT2D eigenvalue weighted by molar-refractivity contribution is 7.14. The Labute approximate surface area is 141 Å². The van der Waals surface area contributed by atoms with E-state index in [4.69, 9.17) is 0 Å². The molecule has 1 unspecified atom stereocenters. The van der Waals surface area contributed by atoms with Crippen LogP contribution >= 0.6 is 11.3 Å². The van der Waals surface area contributed by atoms with Crippen LogP contribution in [0.3, 0.4) is 0 Å². The zero-order valence-corrected chi connectivity index (χ0v) is 12.9. The predicted molar refractivity (Wildman–Crippen MR) is 79.0 cm³/mol. The third-order valence-corrected chi connectivity index (χ3v) is 3.81. The maximum absolute atomic E-state index is 12.7. The number of carbonyl (C=O) groups is 1. The van der Waals surface area contributed by atoms with Crippen molar-refractivity contribution in [2.45, 2.75) is 18.6 Å². The molecular formula is C14H10F6N2O2S. The number of benzene rings is 1. The van der Waals surface area contributed by atoms with Crippen LogP contribution in [0.25, 0.3) is 0 Å². The summed E-state index contributed by atoms with van der Waals surface area (Å²) in [6.45, 7) is 0. The summed E-state index contributed by atoms with van der Waals surface area (Å²) in [5.41, 5.74) is -1.16. The molecule has 0 aliphatic rings. The molecule has 2 aromatic rings. The maximum atomic E-state index is 12.7. The van der Waals surface area contributed by atoms with E-state index in [1.807, 2.05) is 0 Å². The normalized spacial score (nSPS) is 13.4. The first-order valence-corrected chi connectivity index (χ1v) is 7.44. The van der Waals surface area contributed by atoms with E-state index in [1.165, 1.54) is 17.5 Å². The summed E-state index contributed by atoms with van der Waals surface area (Å²) >= 11 is 0.728. The predicted octanol–water partition coefficient (Wildman–Crippen LogP) is 4.37. The Balaban J connectivity index is 2.16. The van der Waals surface area contributed by atoms with Gasteiger partial charge in [0.1, 0.15) is 5.00 Å². The molecule has 0 bridgehead atoms. The summed E-state index contributed by atoms with van der Waals surface area (Å²) in [5, 5.41) is 15.0. The largest absolute Gasteiger partial charge is 0.471 e. The van der Waals surface area contributed by atoms with Gasteiger partial charge in [-0.1, -0.05) is 6.07 Å². The molecule has 1 aromatic carbocycles. The number of rotatable bonds is 4. The SMILES string of the molecule is O=C(Nc1sccc1C(O)Nc1cccc(C(F)(F)F)c1)C(F)(F)F. The van der Waals surface area contributed by atoms with E-state index < -0.39 is 30.1 Å². The van der Waals surface area contributed by atoms with Gasteiger partial charge in [-0.05, 0) is 29.6 Å². The Hall–Kier alpha value is -2.27. The molecule has 0 aliphatic carbocycles. The highest BCUT2D eigenvalue weighted by Gasteiger charge is 2.39. The van der Waals surface area contributed by atoms with Crippen LogP contribution in [0.4, 0.5) is 37.0 Å². The molecule has 0 saturated heterocycles. The number of anilines is 2. The summed E-state index contributed by atoms with van der Waals surface area (Å²) in [6, 6.07) is 5.17. The lowest BCUT2D eigenvalue weighted by molar-refractivity contribution is -0.167. The molecule has 0 radical (unpaired) electrons. The number of hydrogen-bond acceptors (Lipinski definition) is 4. The van der Waals surface area contributed by atoms with E-state index in [9.17, 15) is 36.2 Å². The molecule has 0 aliphatic heterocycles. The lowest BCUT2D eigenvalue weighted by Crippen LogP contribution is -2.30. The highest BCUT2D eigenvalue weighted by atomic mass is 32.1.